The maximum atomic E-state index is 5.24. The normalized spacial score (nSPS) is 16.5. The maximum Gasteiger partial charge on any atom is 0.142 e. The van der Waals surface area contributed by atoms with Crippen molar-refractivity contribution in [2.45, 2.75) is 32.3 Å². The summed E-state index contributed by atoms with van der Waals surface area (Å²) in [4.78, 5) is 5.24. The van der Waals surface area contributed by atoms with Gasteiger partial charge in [0.1, 0.15) is 12.8 Å². The molecule has 1 fully saturated rings. The summed E-state index contributed by atoms with van der Waals surface area (Å²) in [5.41, 5.74) is 2.24. The molecule has 2 nitrogen and oxygen atoms in total. The van der Waals surface area contributed by atoms with Crippen molar-refractivity contribution >= 4 is 12.3 Å². The van der Waals surface area contributed by atoms with Crippen molar-refractivity contribution in [3.05, 3.63) is 42.0 Å². The molecule has 1 aromatic rings. The summed E-state index contributed by atoms with van der Waals surface area (Å²) < 4.78 is 0. The van der Waals surface area contributed by atoms with Crippen LogP contribution >= 0.6 is 0 Å². The summed E-state index contributed by atoms with van der Waals surface area (Å²) >= 11 is 0. The first kappa shape index (κ1) is 11.9. The number of rotatable bonds is 5. The van der Waals surface area contributed by atoms with E-state index < -0.39 is 0 Å². The van der Waals surface area contributed by atoms with Crippen molar-refractivity contribution in [2.24, 2.45) is 11.1 Å². The summed E-state index contributed by atoms with van der Waals surface area (Å²) in [5.74, 6) is 0.512. The molecule has 2 rings (SSSR count). The lowest BCUT2D eigenvalue weighted by molar-refractivity contribution is 0.130. The van der Waals surface area contributed by atoms with Gasteiger partial charge in [-0.2, -0.15) is 0 Å². The van der Waals surface area contributed by atoms with Gasteiger partial charge in [-0.15, -0.1) is 0 Å². The van der Waals surface area contributed by atoms with Crippen LogP contribution in [0.15, 0.2) is 36.0 Å². The van der Waals surface area contributed by atoms with Crippen LogP contribution in [0.4, 0.5) is 0 Å². The standard InChI is InChI=1S/C15H18NO/c1-2-13-7-9-15(10-8-13)12-17-16-11-14-5-3-4-6-14/h2,7-10,14H,1,3-6,12H2. The molecule has 1 radical (unpaired) electrons. The molecule has 0 amide bonds. The van der Waals surface area contributed by atoms with E-state index in [-0.39, 0.29) is 0 Å². The van der Waals surface area contributed by atoms with Crippen LogP contribution in [0.25, 0.3) is 6.08 Å². The lowest BCUT2D eigenvalue weighted by Crippen LogP contribution is -1.95. The Hall–Kier alpha value is -1.57. The lowest BCUT2D eigenvalue weighted by atomic mass is 10.1. The zero-order valence-corrected chi connectivity index (χ0v) is 10.1. The average Bonchev–Trinajstić information content (AvgIpc) is 2.88. The molecule has 0 heterocycles. The molecule has 89 valence electrons. The quantitative estimate of drug-likeness (QED) is 0.553. The minimum Gasteiger partial charge on any atom is -0.391 e. The molecule has 2 heteroatoms. The summed E-state index contributed by atoms with van der Waals surface area (Å²) in [5, 5.41) is 3.92. The molecular weight excluding hydrogens is 210 g/mol. The first-order chi connectivity index (χ1) is 8.38. The van der Waals surface area contributed by atoms with Gasteiger partial charge < -0.3 is 4.84 Å². The fourth-order valence-electron chi connectivity index (χ4n) is 2.02. The molecule has 0 aliphatic heterocycles. The van der Waals surface area contributed by atoms with Crippen molar-refractivity contribution in [1.82, 2.24) is 0 Å². The van der Waals surface area contributed by atoms with Crippen molar-refractivity contribution in [2.75, 3.05) is 0 Å². The van der Waals surface area contributed by atoms with Crippen LogP contribution in [-0.2, 0) is 11.4 Å². The fourth-order valence-corrected chi connectivity index (χ4v) is 2.02. The smallest absolute Gasteiger partial charge is 0.142 e. The predicted octanol–water partition coefficient (Wildman–Crippen LogP) is 3.90. The minimum atomic E-state index is 0.511. The predicted molar refractivity (Wildman–Crippen MR) is 70.7 cm³/mol. The minimum absolute atomic E-state index is 0.511. The van der Waals surface area contributed by atoms with Crippen LogP contribution in [0, 0.1) is 5.92 Å². The van der Waals surface area contributed by atoms with Crippen LogP contribution in [0.1, 0.15) is 36.8 Å². The van der Waals surface area contributed by atoms with E-state index in [2.05, 4.69) is 17.9 Å². The van der Waals surface area contributed by atoms with Gasteiger partial charge in [0.05, 0.1) is 0 Å². The molecule has 0 saturated heterocycles. The first-order valence-electron chi connectivity index (χ1n) is 6.17. The highest BCUT2D eigenvalue weighted by Crippen LogP contribution is 2.22. The Morgan fingerprint density at radius 2 is 2.00 bits per heavy atom. The average molecular weight is 228 g/mol. The van der Waals surface area contributed by atoms with Crippen LogP contribution in [0.3, 0.4) is 0 Å². The third kappa shape index (κ3) is 3.74. The molecule has 0 bridgehead atoms. The number of nitrogens with zero attached hydrogens (tertiary/aromatic N) is 1. The summed E-state index contributed by atoms with van der Waals surface area (Å²) in [6, 6.07) is 8.11. The summed E-state index contributed by atoms with van der Waals surface area (Å²) in [7, 11) is 0. The second-order valence-electron chi connectivity index (χ2n) is 4.42. The lowest BCUT2D eigenvalue weighted by Gasteiger charge is -2.01. The summed E-state index contributed by atoms with van der Waals surface area (Å²) in [6.07, 6.45) is 9.91. The van der Waals surface area contributed by atoms with E-state index in [1.165, 1.54) is 25.7 Å². The fraction of sp³-hybridized carbons (Fsp3) is 0.400. The third-order valence-corrected chi connectivity index (χ3v) is 3.10. The molecular formula is C15H18NO. The number of hydrogen-bond acceptors (Lipinski definition) is 2. The Morgan fingerprint density at radius 3 is 2.65 bits per heavy atom. The number of hydrogen-bond donors (Lipinski definition) is 0. The molecule has 0 aromatic heterocycles. The van der Waals surface area contributed by atoms with Crippen molar-refractivity contribution < 1.29 is 4.84 Å². The molecule has 1 saturated carbocycles. The van der Waals surface area contributed by atoms with Crippen molar-refractivity contribution in [3.8, 4) is 0 Å². The highest BCUT2D eigenvalue weighted by Gasteiger charge is 2.12. The topological polar surface area (TPSA) is 21.6 Å². The van der Waals surface area contributed by atoms with Gasteiger partial charge >= 0.3 is 0 Å². The highest BCUT2D eigenvalue weighted by atomic mass is 16.6. The Kier molecular flexibility index (Phi) is 4.37. The molecule has 0 unspecified atom stereocenters. The van der Waals surface area contributed by atoms with E-state index >= 15 is 0 Å². The molecule has 1 aliphatic carbocycles. The molecule has 1 aliphatic rings. The SMILES string of the molecule is C=Cc1ccc(CO/N=[C]\C2CCCC2)cc1. The molecule has 17 heavy (non-hydrogen) atoms. The third-order valence-electron chi connectivity index (χ3n) is 3.10. The van der Waals surface area contributed by atoms with Gasteiger partial charge in [-0.1, -0.05) is 54.9 Å². The monoisotopic (exact) mass is 228 g/mol. The van der Waals surface area contributed by atoms with E-state index in [1.807, 2.05) is 30.3 Å². The van der Waals surface area contributed by atoms with Gasteiger partial charge in [0.15, 0.2) is 0 Å². The number of benzene rings is 1. The van der Waals surface area contributed by atoms with Gasteiger partial charge in [-0.05, 0) is 24.0 Å². The Morgan fingerprint density at radius 1 is 1.29 bits per heavy atom. The molecule has 1 aromatic carbocycles. The van der Waals surface area contributed by atoms with Crippen LogP contribution in [0.2, 0.25) is 0 Å². The van der Waals surface area contributed by atoms with E-state index in [0.717, 1.165) is 11.1 Å². The van der Waals surface area contributed by atoms with E-state index in [9.17, 15) is 0 Å². The summed E-state index contributed by atoms with van der Waals surface area (Å²) in [6.45, 7) is 4.23. The second-order valence-corrected chi connectivity index (χ2v) is 4.42. The second kappa shape index (κ2) is 6.24. The van der Waals surface area contributed by atoms with E-state index in [1.54, 1.807) is 0 Å². The van der Waals surface area contributed by atoms with E-state index in [4.69, 9.17) is 4.84 Å². The van der Waals surface area contributed by atoms with E-state index in [0.29, 0.717) is 12.5 Å². The first-order valence-corrected chi connectivity index (χ1v) is 6.17. The maximum absolute atomic E-state index is 5.24. The Labute approximate surface area is 103 Å². The van der Waals surface area contributed by atoms with Gasteiger partial charge in [0.25, 0.3) is 0 Å². The Balaban J connectivity index is 1.75. The van der Waals surface area contributed by atoms with Gasteiger partial charge in [0.2, 0.25) is 0 Å². The largest absolute Gasteiger partial charge is 0.391 e. The van der Waals surface area contributed by atoms with Gasteiger partial charge in [0, 0.05) is 5.92 Å². The van der Waals surface area contributed by atoms with Crippen LogP contribution in [0.5, 0.6) is 0 Å². The Bertz CT molecular complexity index is 374. The zero-order chi connectivity index (χ0) is 11.9. The molecule has 0 N–H and O–H groups in total. The molecule has 0 atom stereocenters. The zero-order valence-electron chi connectivity index (χ0n) is 10.1. The van der Waals surface area contributed by atoms with Crippen molar-refractivity contribution in [1.29, 1.82) is 0 Å². The highest BCUT2D eigenvalue weighted by molar-refractivity contribution is 5.60. The van der Waals surface area contributed by atoms with Gasteiger partial charge in [-0.25, -0.2) is 0 Å². The van der Waals surface area contributed by atoms with Gasteiger partial charge in [-0.3, -0.25) is 0 Å². The van der Waals surface area contributed by atoms with Crippen molar-refractivity contribution in [3.63, 3.8) is 0 Å². The van der Waals surface area contributed by atoms with Crippen LogP contribution < -0.4 is 0 Å². The van der Waals surface area contributed by atoms with Crippen LogP contribution in [-0.4, -0.2) is 6.21 Å². The molecule has 0 spiro atoms.